The molecule has 2 fully saturated rings. The van der Waals surface area contributed by atoms with Crippen LogP contribution in [0.1, 0.15) is 25.1 Å². The summed E-state index contributed by atoms with van der Waals surface area (Å²) in [6, 6.07) is 1.99. The summed E-state index contributed by atoms with van der Waals surface area (Å²) >= 11 is 0. The second-order valence-electron chi connectivity index (χ2n) is 6.59. The molecular formula is C16H25N5O. The van der Waals surface area contributed by atoms with Gasteiger partial charge in [0.25, 0.3) is 0 Å². The van der Waals surface area contributed by atoms with Gasteiger partial charge < -0.3 is 9.80 Å². The number of carbonyl (C=O) groups is 1. The van der Waals surface area contributed by atoms with Crippen LogP contribution in [0.15, 0.2) is 12.3 Å². The molecule has 0 saturated carbocycles. The number of likely N-dealkylation sites (tertiary alicyclic amines) is 1. The van der Waals surface area contributed by atoms with Crippen molar-refractivity contribution in [1.29, 1.82) is 0 Å². The molecule has 120 valence electrons. The summed E-state index contributed by atoms with van der Waals surface area (Å²) in [5, 5.41) is 0. The van der Waals surface area contributed by atoms with Crippen LogP contribution in [0.2, 0.25) is 0 Å². The summed E-state index contributed by atoms with van der Waals surface area (Å²) in [4.78, 5) is 27.4. The number of likely N-dealkylation sites (N-methyl/N-ethyl adjacent to an activating group) is 1. The summed E-state index contributed by atoms with van der Waals surface area (Å²) in [7, 11) is 4.11. The lowest BCUT2D eigenvalue weighted by Crippen LogP contribution is -2.61. The molecule has 3 heterocycles. The van der Waals surface area contributed by atoms with E-state index in [4.69, 9.17) is 0 Å². The van der Waals surface area contributed by atoms with Crippen LogP contribution < -0.4 is 4.90 Å². The van der Waals surface area contributed by atoms with E-state index >= 15 is 0 Å². The molecule has 1 aromatic rings. The molecule has 2 aliphatic heterocycles. The summed E-state index contributed by atoms with van der Waals surface area (Å²) in [6.45, 7) is 5.66. The normalized spacial score (nSPS) is 27.3. The largest absolute Gasteiger partial charge is 0.353 e. The van der Waals surface area contributed by atoms with Crippen molar-refractivity contribution in [2.75, 3.05) is 45.2 Å². The zero-order valence-corrected chi connectivity index (χ0v) is 13.7. The molecule has 0 radical (unpaired) electrons. The fourth-order valence-electron chi connectivity index (χ4n) is 3.57. The van der Waals surface area contributed by atoms with E-state index in [1.807, 2.05) is 31.1 Å². The molecule has 1 aromatic heterocycles. The van der Waals surface area contributed by atoms with E-state index in [1.165, 1.54) is 0 Å². The number of hydrogen-bond acceptors (Lipinski definition) is 5. The standard InChI is InChI=1S/C16H25N5O/c1-13-17-8-5-14(18-13)21-11-10-20(3)16(12-21)6-4-15(22)19(2)9-7-16/h5,8H,4,6-7,9-12H2,1-3H3. The number of rotatable bonds is 1. The van der Waals surface area contributed by atoms with Gasteiger partial charge >= 0.3 is 0 Å². The average Bonchev–Trinajstić information content (AvgIpc) is 2.65. The number of aryl methyl sites for hydroxylation is 1. The van der Waals surface area contributed by atoms with E-state index in [1.54, 1.807) is 0 Å². The molecule has 3 rings (SSSR count). The maximum atomic E-state index is 12.0. The molecule has 2 saturated heterocycles. The number of piperazine rings is 1. The minimum Gasteiger partial charge on any atom is -0.353 e. The Bertz CT molecular complexity index is 563. The van der Waals surface area contributed by atoms with Crippen LogP contribution in [-0.4, -0.2) is 71.5 Å². The fourth-order valence-corrected chi connectivity index (χ4v) is 3.57. The van der Waals surface area contributed by atoms with Crippen LogP contribution in [-0.2, 0) is 4.79 Å². The van der Waals surface area contributed by atoms with E-state index in [9.17, 15) is 4.79 Å². The zero-order valence-electron chi connectivity index (χ0n) is 13.7. The maximum Gasteiger partial charge on any atom is 0.222 e. The molecule has 0 N–H and O–H groups in total. The molecule has 1 spiro atoms. The highest BCUT2D eigenvalue weighted by molar-refractivity contribution is 5.76. The lowest BCUT2D eigenvalue weighted by Gasteiger charge is -2.49. The van der Waals surface area contributed by atoms with Gasteiger partial charge in [-0.25, -0.2) is 9.97 Å². The molecule has 6 heteroatoms. The van der Waals surface area contributed by atoms with Crippen molar-refractivity contribution < 1.29 is 4.79 Å². The Morgan fingerprint density at radius 2 is 2.00 bits per heavy atom. The van der Waals surface area contributed by atoms with Gasteiger partial charge in [-0.15, -0.1) is 0 Å². The van der Waals surface area contributed by atoms with E-state index < -0.39 is 0 Å². The van der Waals surface area contributed by atoms with Gasteiger partial charge in [-0.2, -0.15) is 0 Å². The quantitative estimate of drug-likeness (QED) is 0.772. The molecule has 1 amide bonds. The lowest BCUT2D eigenvalue weighted by molar-refractivity contribution is -0.129. The lowest BCUT2D eigenvalue weighted by atomic mass is 9.86. The second kappa shape index (κ2) is 5.83. The predicted molar refractivity (Wildman–Crippen MR) is 85.8 cm³/mol. The highest BCUT2D eigenvalue weighted by Gasteiger charge is 2.42. The number of nitrogens with zero attached hydrogens (tertiary/aromatic N) is 5. The van der Waals surface area contributed by atoms with Crippen molar-refractivity contribution in [2.45, 2.75) is 31.7 Å². The summed E-state index contributed by atoms with van der Waals surface area (Å²) in [5.74, 6) is 2.07. The Labute approximate surface area is 132 Å². The Morgan fingerprint density at radius 3 is 2.77 bits per heavy atom. The maximum absolute atomic E-state index is 12.0. The fraction of sp³-hybridized carbons (Fsp3) is 0.688. The third kappa shape index (κ3) is 2.79. The topological polar surface area (TPSA) is 52.6 Å². The number of hydrogen-bond donors (Lipinski definition) is 0. The summed E-state index contributed by atoms with van der Waals surface area (Å²) in [6.07, 6.45) is 4.41. The molecule has 2 aliphatic rings. The third-order valence-corrected chi connectivity index (χ3v) is 5.23. The SMILES string of the molecule is Cc1nccc(N2CCN(C)C3(CCC(=O)N(C)CC3)C2)n1. The van der Waals surface area contributed by atoms with E-state index in [0.717, 1.165) is 50.7 Å². The molecule has 1 unspecified atom stereocenters. The smallest absolute Gasteiger partial charge is 0.222 e. The van der Waals surface area contributed by atoms with Crippen LogP contribution in [0, 0.1) is 6.92 Å². The number of aromatic nitrogens is 2. The predicted octanol–water partition coefficient (Wildman–Crippen LogP) is 0.918. The molecule has 0 aliphatic carbocycles. The van der Waals surface area contributed by atoms with E-state index in [0.29, 0.717) is 6.42 Å². The van der Waals surface area contributed by atoms with Crippen molar-refractivity contribution >= 4 is 11.7 Å². The van der Waals surface area contributed by atoms with Crippen molar-refractivity contribution in [3.05, 3.63) is 18.1 Å². The minimum absolute atomic E-state index is 0.0670. The van der Waals surface area contributed by atoms with Gasteiger partial charge in [0, 0.05) is 51.4 Å². The van der Waals surface area contributed by atoms with Gasteiger partial charge in [-0.05, 0) is 32.9 Å². The van der Waals surface area contributed by atoms with Gasteiger partial charge in [0.15, 0.2) is 0 Å². The van der Waals surface area contributed by atoms with E-state index in [2.05, 4.69) is 26.8 Å². The Kier molecular flexibility index (Phi) is 4.04. The summed E-state index contributed by atoms with van der Waals surface area (Å²) < 4.78 is 0. The van der Waals surface area contributed by atoms with Gasteiger partial charge in [-0.3, -0.25) is 9.69 Å². The molecule has 6 nitrogen and oxygen atoms in total. The highest BCUT2D eigenvalue weighted by atomic mass is 16.2. The van der Waals surface area contributed by atoms with Crippen molar-refractivity contribution in [1.82, 2.24) is 19.8 Å². The van der Waals surface area contributed by atoms with Gasteiger partial charge in [0.05, 0.1) is 0 Å². The second-order valence-corrected chi connectivity index (χ2v) is 6.59. The highest BCUT2D eigenvalue weighted by Crippen LogP contribution is 2.33. The zero-order chi connectivity index (χ0) is 15.7. The monoisotopic (exact) mass is 303 g/mol. The van der Waals surface area contributed by atoms with Gasteiger partial charge in [0.2, 0.25) is 5.91 Å². The Balaban J connectivity index is 1.83. The van der Waals surface area contributed by atoms with Crippen molar-refractivity contribution in [2.24, 2.45) is 0 Å². The van der Waals surface area contributed by atoms with Crippen LogP contribution in [0.3, 0.4) is 0 Å². The number of amides is 1. The van der Waals surface area contributed by atoms with Crippen LogP contribution in [0.25, 0.3) is 0 Å². The van der Waals surface area contributed by atoms with Gasteiger partial charge in [0.1, 0.15) is 11.6 Å². The van der Waals surface area contributed by atoms with Crippen LogP contribution >= 0.6 is 0 Å². The Hall–Kier alpha value is -1.69. The van der Waals surface area contributed by atoms with Crippen LogP contribution in [0.4, 0.5) is 5.82 Å². The van der Waals surface area contributed by atoms with Crippen molar-refractivity contribution in [3.8, 4) is 0 Å². The molecule has 1 atom stereocenters. The first kappa shape index (κ1) is 15.2. The van der Waals surface area contributed by atoms with E-state index in [-0.39, 0.29) is 11.4 Å². The average molecular weight is 303 g/mol. The third-order valence-electron chi connectivity index (χ3n) is 5.23. The Morgan fingerprint density at radius 1 is 1.18 bits per heavy atom. The molecule has 0 aromatic carbocycles. The first-order valence-corrected chi connectivity index (χ1v) is 8.00. The molecule has 22 heavy (non-hydrogen) atoms. The molecule has 0 bridgehead atoms. The van der Waals surface area contributed by atoms with Crippen molar-refractivity contribution in [3.63, 3.8) is 0 Å². The first-order valence-electron chi connectivity index (χ1n) is 8.00. The number of anilines is 1. The van der Waals surface area contributed by atoms with Gasteiger partial charge in [-0.1, -0.05) is 0 Å². The summed E-state index contributed by atoms with van der Waals surface area (Å²) in [5.41, 5.74) is 0.0670. The minimum atomic E-state index is 0.0670. The molecular weight excluding hydrogens is 278 g/mol. The number of carbonyl (C=O) groups excluding carboxylic acids is 1. The van der Waals surface area contributed by atoms with Crippen LogP contribution in [0.5, 0.6) is 0 Å². The first-order chi connectivity index (χ1) is 10.5.